The molecule has 2 N–H and O–H groups in total. The van der Waals surface area contributed by atoms with Gasteiger partial charge in [0.05, 0.1) is 25.2 Å². The predicted octanol–water partition coefficient (Wildman–Crippen LogP) is 1.45. The van der Waals surface area contributed by atoms with Crippen LogP contribution in [0, 0.1) is 0 Å². The van der Waals surface area contributed by atoms with Crippen molar-refractivity contribution in [3.05, 3.63) is 29.8 Å². The van der Waals surface area contributed by atoms with Gasteiger partial charge in [-0.3, -0.25) is 4.79 Å². The molecule has 4 heteroatoms. The molecule has 0 saturated carbocycles. The summed E-state index contributed by atoms with van der Waals surface area (Å²) in [4.78, 5) is 14.2. The fraction of sp³-hybridized carbons (Fsp3) is 0.500. The number of carbonyl (C=O) groups excluding carboxylic acids is 1. The zero-order chi connectivity index (χ0) is 13.1. The van der Waals surface area contributed by atoms with Gasteiger partial charge < -0.3 is 15.4 Å². The molecule has 2 atom stereocenters. The first kappa shape index (κ1) is 12.9. The van der Waals surface area contributed by atoms with Gasteiger partial charge in [-0.05, 0) is 31.5 Å². The third kappa shape index (κ3) is 2.82. The summed E-state index contributed by atoms with van der Waals surface area (Å²) in [5.41, 5.74) is 7.35. The zero-order valence-electron chi connectivity index (χ0n) is 10.9. The maximum atomic E-state index is 12.2. The summed E-state index contributed by atoms with van der Waals surface area (Å²) >= 11 is 0. The van der Waals surface area contributed by atoms with E-state index in [0.717, 1.165) is 11.3 Å². The average Bonchev–Trinajstić information content (AvgIpc) is 2.35. The van der Waals surface area contributed by atoms with Crippen LogP contribution in [0.2, 0.25) is 0 Å². The number of nitrogens with two attached hydrogens (primary N) is 1. The minimum Gasteiger partial charge on any atom is -0.399 e. The van der Waals surface area contributed by atoms with E-state index in [1.54, 1.807) is 0 Å². The van der Waals surface area contributed by atoms with Crippen molar-refractivity contribution in [1.29, 1.82) is 0 Å². The van der Waals surface area contributed by atoms with E-state index in [-0.39, 0.29) is 18.1 Å². The molecular weight excluding hydrogens is 228 g/mol. The molecule has 0 bridgehead atoms. The number of hydrogen-bond acceptors (Lipinski definition) is 3. The Labute approximate surface area is 108 Å². The van der Waals surface area contributed by atoms with Crippen LogP contribution in [0.1, 0.15) is 19.4 Å². The molecule has 1 aromatic rings. The van der Waals surface area contributed by atoms with Gasteiger partial charge in [-0.15, -0.1) is 0 Å². The largest absolute Gasteiger partial charge is 0.399 e. The van der Waals surface area contributed by atoms with Gasteiger partial charge in [-0.2, -0.15) is 0 Å². The fourth-order valence-electron chi connectivity index (χ4n) is 2.20. The molecule has 0 radical (unpaired) electrons. The Balaban J connectivity index is 2.01. The second kappa shape index (κ2) is 5.40. The number of hydrogen-bond donors (Lipinski definition) is 1. The van der Waals surface area contributed by atoms with Crippen molar-refractivity contribution in [3.8, 4) is 0 Å². The van der Waals surface area contributed by atoms with E-state index in [1.165, 1.54) is 0 Å². The summed E-state index contributed by atoms with van der Waals surface area (Å²) in [5.74, 6) is 0.155. The van der Waals surface area contributed by atoms with E-state index < -0.39 is 0 Å². The summed E-state index contributed by atoms with van der Waals surface area (Å²) in [6.07, 6.45) is 0.534. The van der Waals surface area contributed by atoms with Crippen LogP contribution in [0.3, 0.4) is 0 Å². The van der Waals surface area contributed by atoms with Gasteiger partial charge in [0.25, 0.3) is 0 Å². The molecule has 1 aliphatic heterocycles. The van der Waals surface area contributed by atoms with Crippen molar-refractivity contribution in [2.45, 2.75) is 32.4 Å². The van der Waals surface area contributed by atoms with Crippen molar-refractivity contribution in [2.75, 3.05) is 18.9 Å². The van der Waals surface area contributed by atoms with Crippen molar-refractivity contribution in [3.63, 3.8) is 0 Å². The minimum absolute atomic E-state index is 0.106. The molecule has 0 spiro atoms. The van der Waals surface area contributed by atoms with Crippen LogP contribution in [0.15, 0.2) is 24.3 Å². The predicted molar refractivity (Wildman–Crippen MR) is 71.1 cm³/mol. The van der Waals surface area contributed by atoms with E-state index >= 15 is 0 Å². The molecule has 1 saturated heterocycles. The monoisotopic (exact) mass is 248 g/mol. The molecule has 2 rings (SSSR count). The van der Waals surface area contributed by atoms with Crippen molar-refractivity contribution in [1.82, 2.24) is 4.90 Å². The molecule has 0 aliphatic carbocycles. The number of amides is 1. The lowest BCUT2D eigenvalue weighted by atomic mass is 10.1. The van der Waals surface area contributed by atoms with Crippen LogP contribution >= 0.6 is 0 Å². The average molecular weight is 248 g/mol. The van der Waals surface area contributed by atoms with Gasteiger partial charge in [0.15, 0.2) is 0 Å². The second-order valence-electron chi connectivity index (χ2n) is 4.82. The van der Waals surface area contributed by atoms with E-state index in [4.69, 9.17) is 10.5 Å². The number of anilines is 1. The first-order valence-corrected chi connectivity index (χ1v) is 6.33. The molecule has 1 heterocycles. The summed E-state index contributed by atoms with van der Waals surface area (Å²) < 4.78 is 5.53. The summed E-state index contributed by atoms with van der Waals surface area (Å²) in [6.45, 7) is 5.34. The highest BCUT2D eigenvalue weighted by atomic mass is 16.5. The maximum Gasteiger partial charge on any atom is 0.227 e. The SMILES string of the molecule is CC1OCCN(C(=O)Cc2ccc(N)cc2)C1C. The van der Waals surface area contributed by atoms with Crippen molar-refractivity contribution >= 4 is 11.6 Å². The molecule has 1 fully saturated rings. The van der Waals surface area contributed by atoms with Crippen LogP contribution in [0.4, 0.5) is 5.69 Å². The standard InChI is InChI=1S/C14H20N2O2/c1-10-11(2)18-8-7-16(10)14(17)9-12-3-5-13(15)6-4-12/h3-6,10-11H,7-9,15H2,1-2H3. The number of rotatable bonds is 2. The lowest BCUT2D eigenvalue weighted by Gasteiger charge is -2.38. The molecule has 18 heavy (non-hydrogen) atoms. The normalized spacial score (nSPS) is 24.0. The smallest absolute Gasteiger partial charge is 0.227 e. The van der Waals surface area contributed by atoms with Crippen molar-refractivity contribution < 1.29 is 9.53 Å². The molecule has 1 aromatic carbocycles. The molecule has 0 aromatic heterocycles. The Morgan fingerprint density at radius 2 is 2.06 bits per heavy atom. The molecule has 1 amide bonds. The van der Waals surface area contributed by atoms with Crippen LogP contribution < -0.4 is 5.73 Å². The van der Waals surface area contributed by atoms with Gasteiger partial charge in [0, 0.05) is 12.2 Å². The Kier molecular flexibility index (Phi) is 3.87. The third-order valence-corrected chi connectivity index (χ3v) is 3.54. The number of nitrogens with zero attached hydrogens (tertiary/aromatic N) is 1. The Hall–Kier alpha value is -1.55. The van der Waals surface area contributed by atoms with Gasteiger partial charge in [0.1, 0.15) is 0 Å². The minimum atomic E-state index is 0.106. The Bertz CT molecular complexity index is 416. The van der Waals surface area contributed by atoms with Gasteiger partial charge in [-0.1, -0.05) is 12.1 Å². The first-order chi connectivity index (χ1) is 8.58. The molecule has 4 nitrogen and oxygen atoms in total. The number of carbonyl (C=O) groups is 1. The zero-order valence-corrected chi connectivity index (χ0v) is 10.9. The number of benzene rings is 1. The fourth-order valence-corrected chi connectivity index (χ4v) is 2.20. The lowest BCUT2D eigenvalue weighted by Crippen LogP contribution is -2.51. The topological polar surface area (TPSA) is 55.6 Å². The van der Waals surface area contributed by atoms with Crippen LogP contribution in [-0.2, 0) is 16.0 Å². The molecule has 98 valence electrons. The Morgan fingerprint density at radius 3 is 2.72 bits per heavy atom. The summed E-state index contributed by atoms with van der Waals surface area (Å²) in [7, 11) is 0. The highest BCUT2D eigenvalue weighted by molar-refractivity contribution is 5.79. The first-order valence-electron chi connectivity index (χ1n) is 6.33. The van der Waals surface area contributed by atoms with Gasteiger partial charge in [-0.25, -0.2) is 0 Å². The van der Waals surface area contributed by atoms with Crippen LogP contribution in [0.25, 0.3) is 0 Å². The number of morpholine rings is 1. The van der Waals surface area contributed by atoms with Gasteiger partial charge >= 0.3 is 0 Å². The number of ether oxygens (including phenoxy) is 1. The van der Waals surface area contributed by atoms with Crippen LogP contribution in [0.5, 0.6) is 0 Å². The maximum absolute atomic E-state index is 12.2. The van der Waals surface area contributed by atoms with Crippen molar-refractivity contribution in [2.24, 2.45) is 0 Å². The quantitative estimate of drug-likeness (QED) is 0.806. The number of nitrogen functional groups attached to an aromatic ring is 1. The Morgan fingerprint density at radius 1 is 1.39 bits per heavy atom. The van der Waals surface area contributed by atoms with E-state index in [9.17, 15) is 4.79 Å². The highest BCUT2D eigenvalue weighted by Crippen LogP contribution is 2.15. The summed E-state index contributed by atoms with van der Waals surface area (Å²) in [5, 5.41) is 0. The molecular formula is C14H20N2O2. The highest BCUT2D eigenvalue weighted by Gasteiger charge is 2.28. The van der Waals surface area contributed by atoms with Crippen LogP contribution in [-0.4, -0.2) is 36.1 Å². The second-order valence-corrected chi connectivity index (χ2v) is 4.82. The van der Waals surface area contributed by atoms with E-state index in [2.05, 4.69) is 0 Å². The summed E-state index contributed by atoms with van der Waals surface area (Å²) in [6, 6.07) is 7.60. The lowest BCUT2D eigenvalue weighted by molar-refractivity contribution is -0.143. The molecule has 1 aliphatic rings. The van der Waals surface area contributed by atoms with Gasteiger partial charge in [0.2, 0.25) is 5.91 Å². The third-order valence-electron chi connectivity index (χ3n) is 3.54. The molecule has 2 unspecified atom stereocenters. The van der Waals surface area contributed by atoms with E-state index in [0.29, 0.717) is 19.6 Å². The van der Waals surface area contributed by atoms with E-state index in [1.807, 2.05) is 43.0 Å².